The molecule has 0 spiro atoms. The SMILES string of the molecule is Cc1cc(C)c(-[n+]2csc3c2CCCCC3)c(C)c1.[Cl-]. The molecule has 1 aromatic heterocycles. The van der Waals surface area contributed by atoms with E-state index in [9.17, 15) is 0 Å². The third kappa shape index (κ3) is 2.77. The van der Waals surface area contributed by atoms with Crippen LogP contribution in [0.5, 0.6) is 0 Å². The van der Waals surface area contributed by atoms with Crippen LogP contribution in [0.15, 0.2) is 17.6 Å². The fraction of sp³-hybridized carbons (Fsp3) is 0.471. The van der Waals surface area contributed by atoms with Crippen molar-refractivity contribution < 1.29 is 17.0 Å². The maximum Gasteiger partial charge on any atom is 0.231 e. The van der Waals surface area contributed by atoms with Crippen molar-refractivity contribution in [2.24, 2.45) is 0 Å². The molecule has 0 radical (unpaired) electrons. The fourth-order valence-corrected chi connectivity index (χ4v) is 4.40. The summed E-state index contributed by atoms with van der Waals surface area (Å²) in [5.74, 6) is 0. The molecule has 3 heteroatoms. The van der Waals surface area contributed by atoms with E-state index in [4.69, 9.17) is 0 Å². The minimum Gasteiger partial charge on any atom is -1.00 e. The van der Waals surface area contributed by atoms with E-state index in [0.29, 0.717) is 0 Å². The largest absolute Gasteiger partial charge is 1.00 e. The fourth-order valence-electron chi connectivity index (χ4n) is 3.34. The minimum absolute atomic E-state index is 0. The van der Waals surface area contributed by atoms with Gasteiger partial charge in [-0.15, -0.1) is 0 Å². The van der Waals surface area contributed by atoms with Gasteiger partial charge in [-0.2, -0.15) is 4.57 Å². The summed E-state index contributed by atoms with van der Waals surface area (Å²) < 4.78 is 2.47. The molecule has 2 aromatic rings. The second-order valence-electron chi connectivity index (χ2n) is 5.77. The summed E-state index contributed by atoms with van der Waals surface area (Å²) in [7, 11) is 0. The number of benzene rings is 1. The van der Waals surface area contributed by atoms with Crippen LogP contribution in [0.25, 0.3) is 5.69 Å². The number of aromatic nitrogens is 1. The molecule has 0 bridgehead atoms. The van der Waals surface area contributed by atoms with Crippen molar-refractivity contribution in [3.63, 3.8) is 0 Å². The van der Waals surface area contributed by atoms with E-state index in [1.54, 1.807) is 10.6 Å². The van der Waals surface area contributed by atoms with Crippen LogP contribution in [0, 0.1) is 20.8 Å². The molecule has 1 aromatic carbocycles. The minimum atomic E-state index is 0. The Morgan fingerprint density at radius 1 is 0.950 bits per heavy atom. The van der Waals surface area contributed by atoms with Gasteiger partial charge in [0.1, 0.15) is 0 Å². The second-order valence-corrected chi connectivity index (χ2v) is 6.71. The predicted molar refractivity (Wildman–Crippen MR) is 81.3 cm³/mol. The van der Waals surface area contributed by atoms with Gasteiger partial charge in [0.05, 0.1) is 4.88 Å². The van der Waals surface area contributed by atoms with E-state index in [-0.39, 0.29) is 12.4 Å². The molecular formula is C17H22ClNS. The van der Waals surface area contributed by atoms with Crippen molar-refractivity contribution in [2.45, 2.75) is 52.9 Å². The molecule has 1 aliphatic carbocycles. The van der Waals surface area contributed by atoms with Crippen molar-refractivity contribution in [3.05, 3.63) is 44.9 Å². The second kappa shape index (κ2) is 6.28. The van der Waals surface area contributed by atoms with E-state index in [1.165, 1.54) is 54.5 Å². The third-order valence-electron chi connectivity index (χ3n) is 4.11. The van der Waals surface area contributed by atoms with Crippen molar-refractivity contribution in [1.29, 1.82) is 0 Å². The summed E-state index contributed by atoms with van der Waals surface area (Å²) >= 11 is 1.94. The number of hydrogen-bond acceptors (Lipinski definition) is 1. The molecule has 0 unspecified atom stereocenters. The average molecular weight is 308 g/mol. The van der Waals surface area contributed by atoms with Gasteiger partial charge >= 0.3 is 0 Å². The molecule has 20 heavy (non-hydrogen) atoms. The van der Waals surface area contributed by atoms with Crippen molar-refractivity contribution in [1.82, 2.24) is 0 Å². The highest BCUT2D eigenvalue weighted by Gasteiger charge is 2.25. The predicted octanol–water partition coefficient (Wildman–Crippen LogP) is 1.22. The van der Waals surface area contributed by atoms with Gasteiger partial charge in [0.15, 0.2) is 0 Å². The Kier molecular flexibility index (Phi) is 4.87. The Labute approximate surface area is 132 Å². The van der Waals surface area contributed by atoms with Gasteiger partial charge in [-0.3, -0.25) is 0 Å². The lowest BCUT2D eigenvalue weighted by atomic mass is 10.0. The maximum absolute atomic E-state index is 2.47. The highest BCUT2D eigenvalue weighted by Crippen LogP contribution is 2.25. The first kappa shape index (κ1) is 15.5. The van der Waals surface area contributed by atoms with Gasteiger partial charge in [-0.05, 0) is 52.2 Å². The van der Waals surface area contributed by atoms with Gasteiger partial charge < -0.3 is 12.4 Å². The van der Waals surface area contributed by atoms with Crippen molar-refractivity contribution in [3.8, 4) is 5.69 Å². The summed E-state index contributed by atoms with van der Waals surface area (Å²) in [6, 6.07) is 4.60. The highest BCUT2D eigenvalue weighted by atomic mass is 35.5. The van der Waals surface area contributed by atoms with E-state index in [1.807, 2.05) is 11.3 Å². The molecule has 0 N–H and O–H groups in total. The van der Waals surface area contributed by atoms with E-state index < -0.39 is 0 Å². The normalized spacial score (nSPS) is 14.3. The molecule has 1 aliphatic rings. The zero-order valence-corrected chi connectivity index (χ0v) is 14.1. The first-order valence-corrected chi connectivity index (χ1v) is 8.14. The van der Waals surface area contributed by atoms with E-state index >= 15 is 0 Å². The van der Waals surface area contributed by atoms with Crippen LogP contribution in [0.2, 0.25) is 0 Å². The van der Waals surface area contributed by atoms with Gasteiger partial charge in [-0.25, -0.2) is 0 Å². The third-order valence-corrected chi connectivity index (χ3v) is 5.15. The Morgan fingerprint density at radius 3 is 2.30 bits per heavy atom. The number of halogens is 1. The number of hydrogen-bond donors (Lipinski definition) is 0. The van der Waals surface area contributed by atoms with Crippen LogP contribution in [0.4, 0.5) is 0 Å². The Balaban J connectivity index is 0.00000147. The van der Waals surface area contributed by atoms with Crippen molar-refractivity contribution in [2.75, 3.05) is 0 Å². The van der Waals surface area contributed by atoms with Crippen LogP contribution >= 0.6 is 11.3 Å². The molecule has 1 heterocycles. The Morgan fingerprint density at radius 2 is 1.60 bits per heavy atom. The summed E-state index contributed by atoms with van der Waals surface area (Å²) in [4.78, 5) is 1.61. The average Bonchev–Trinajstić information content (AvgIpc) is 2.58. The van der Waals surface area contributed by atoms with Gasteiger partial charge in [0, 0.05) is 17.5 Å². The Hall–Kier alpha value is -0.860. The maximum atomic E-state index is 2.47. The molecule has 0 atom stereocenters. The number of aryl methyl sites for hydroxylation is 4. The monoisotopic (exact) mass is 307 g/mol. The van der Waals surface area contributed by atoms with Crippen LogP contribution in [0.3, 0.4) is 0 Å². The molecule has 3 rings (SSSR count). The standard InChI is InChI=1S/C17H22NS.ClH/c1-12-9-13(2)17(14(3)10-12)18-11-19-16-8-6-4-5-7-15(16)18;/h9-11H,4-8H2,1-3H3;1H/q+1;/p-1. The molecule has 0 aliphatic heterocycles. The summed E-state index contributed by atoms with van der Waals surface area (Å²) in [5.41, 5.74) is 9.45. The molecule has 108 valence electrons. The quantitative estimate of drug-likeness (QED) is 0.551. The molecule has 0 amide bonds. The lowest BCUT2D eigenvalue weighted by Gasteiger charge is -2.06. The lowest BCUT2D eigenvalue weighted by molar-refractivity contribution is -0.600. The van der Waals surface area contributed by atoms with Crippen LogP contribution < -0.4 is 17.0 Å². The molecular weight excluding hydrogens is 286 g/mol. The zero-order chi connectivity index (χ0) is 13.4. The van der Waals surface area contributed by atoms with E-state index in [0.717, 1.165) is 0 Å². The number of thiazole rings is 1. The van der Waals surface area contributed by atoms with Gasteiger partial charge in [0.2, 0.25) is 16.9 Å². The van der Waals surface area contributed by atoms with E-state index in [2.05, 4.69) is 43.0 Å². The van der Waals surface area contributed by atoms with Crippen LogP contribution in [-0.4, -0.2) is 0 Å². The number of fused-ring (bicyclic) bond motifs is 1. The molecule has 0 fully saturated rings. The number of nitrogens with zero attached hydrogens (tertiary/aromatic N) is 1. The molecule has 1 nitrogen and oxygen atoms in total. The van der Waals surface area contributed by atoms with Gasteiger partial charge in [-0.1, -0.05) is 23.3 Å². The lowest BCUT2D eigenvalue weighted by Crippen LogP contribution is -3.00. The van der Waals surface area contributed by atoms with Crippen LogP contribution in [0.1, 0.15) is 46.5 Å². The first-order chi connectivity index (χ1) is 9.16. The van der Waals surface area contributed by atoms with Gasteiger partial charge in [0.25, 0.3) is 0 Å². The first-order valence-electron chi connectivity index (χ1n) is 7.26. The van der Waals surface area contributed by atoms with Crippen LogP contribution in [-0.2, 0) is 12.8 Å². The Bertz CT molecular complexity index is 592. The summed E-state index contributed by atoms with van der Waals surface area (Å²) in [6.45, 7) is 6.66. The molecule has 0 saturated heterocycles. The molecule has 0 saturated carbocycles. The van der Waals surface area contributed by atoms with Crippen molar-refractivity contribution >= 4 is 11.3 Å². The highest BCUT2D eigenvalue weighted by molar-refractivity contribution is 7.09. The smallest absolute Gasteiger partial charge is 0.231 e. The number of rotatable bonds is 1. The zero-order valence-electron chi connectivity index (χ0n) is 12.5. The topological polar surface area (TPSA) is 3.88 Å². The summed E-state index contributed by atoms with van der Waals surface area (Å²) in [5, 5.41) is 0. The summed E-state index contributed by atoms with van der Waals surface area (Å²) in [6.07, 6.45) is 6.60.